The molecule has 1 aromatic rings. The lowest BCUT2D eigenvalue weighted by molar-refractivity contribution is 0.242. The van der Waals surface area contributed by atoms with Crippen molar-refractivity contribution in [2.24, 2.45) is 0 Å². The molecule has 1 atom stereocenters. The molecule has 0 bridgehead atoms. The van der Waals surface area contributed by atoms with Crippen LogP contribution in [0.4, 0.5) is 0 Å². The Labute approximate surface area is 108 Å². The number of aliphatic hydroxyl groups is 1. The van der Waals surface area contributed by atoms with Gasteiger partial charge >= 0.3 is 0 Å². The summed E-state index contributed by atoms with van der Waals surface area (Å²) < 4.78 is 29.6. The van der Waals surface area contributed by atoms with Gasteiger partial charge in [0.05, 0.1) is 12.4 Å². The van der Waals surface area contributed by atoms with Gasteiger partial charge in [0.25, 0.3) is 10.1 Å². The van der Waals surface area contributed by atoms with Crippen molar-refractivity contribution in [3.8, 4) is 0 Å². The van der Waals surface area contributed by atoms with Crippen LogP contribution in [0.1, 0.15) is 12.0 Å². The first-order chi connectivity index (χ1) is 8.51. The molecule has 0 unspecified atom stereocenters. The Bertz CT molecular complexity index is 433. The lowest BCUT2D eigenvalue weighted by Crippen LogP contribution is -2.35. The maximum absolute atomic E-state index is 10.5. The van der Waals surface area contributed by atoms with E-state index in [0.717, 1.165) is 5.56 Å². The summed E-state index contributed by atoms with van der Waals surface area (Å²) in [5, 5.41) is 12.3. The number of nitrogens with one attached hydrogen (secondary N) is 1. The summed E-state index contributed by atoms with van der Waals surface area (Å²) in [7, 11) is -3.89. The third kappa shape index (κ3) is 6.70. The van der Waals surface area contributed by atoms with E-state index in [1.807, 2.05) is 30.3 Å². The Morgan fingerprint density at radius 3 is 2.44 bits per heavy atom. The van der Waals surface area contributed by atoms with E-state index < -0.39 is 10.1 Å². The highest BCUT2D eigenvalue weighted by Crippen LogP contribution is 2.02. The molecule has 0 aliphatic carbocycles. The molecule has 0 aromatic heterocycles. The van der Waals surface area contributed by atoms with Crippen LogP contribution in [-0.4, -0.2) is 43.0 Å². The monoisotopic (exact) mass is 273 g/mol. The van der Waals surface area contributed by atoms with Gasteiger partial charge in [0.1, 0.15) is 0 Å². The normalized spacial score (nSPS) is 13.4. The smallest absolute Gasteiger partial charge is 0.264 e. The van der Waals surface area contributed by atoms with E-state index in [-0.39, 0.29) is 18.4 Å². The number of hydrogen-bond donors (Lipinski definition) is 3. The zero-order valence-corrected chi connectivity index (χ0v) is 10.9. The van der Waals surface area contributed by atoms with Crippen molar-refractivity contribution in [1.29, 1.82) is 0 Å². The number of hydrogen-bond acceptors (Lipinski definition) is 4. The van der Waals surface area contributed by atoms with Crippen LogP contribution in [0.2, 0.25) is 0 Å². The summed E-state index contributed by atoms with van der Waals surface area (Å²) in [6.45, 7) is 0.429. The van der Waals surface area contributed by atoms with Crippen LogP contribution in [0, 0.1) is 0 Å². The van der Waals surface area contributed by atoms with E-state index in [1.165, 1.54) is 0 Å². The molecule has 0 radical (unpaired) electrons. The van der Waals surface area contributed by atoms with Crippen molar-refractivity contribution < 1.29 is 18.1 Å². The summed E-state index contributed by atoms with van der Waals surface area (Å²) in [6, 6.07) is 9.64. The van der Waals surface area contributed by atoms with Crippen LogP contribution in [0.3, 0.4) is 0 Å². The first-order valence-electron chi connectivity index (χ1n) is 5.84. The molecule has 102 valence electrons. The standard InChI is InChI=1S/C12H19NO4S/c14-10-12(9-11-5-2-1-3-6-11)13-7-4-8-18(15,16)17/h1-3,5-6,12-14H,4,7-10H2,(H,15,16,17)/t12-/m1/s1. The Hall–Kier alpha value is -0.950. The van der Waals surface area contributed by atoms with Gasteiger partial charge in [0, 0.05) is 6.04 Å². The van der Waals surface area contributed by atoms with Crippen molar-refractivity contribution in [3.05, 3.63) is 35.9 Å². The molecule has 0 fully saturated rings. The molecule has 3 N–H and O–H groups in total. The van der Waals surface area contributed by atoms with Crippen molar-refractivity contribution in [1.82, 2.24) is 5.32 Å². The predicted octanol–water partition coefficient (Wildman–Crippen LogP) is 0.458. The van der Waals surface area contributed by atoms with Gasteiger partial charge in [-0.25, -0.2) is 0 Å². The highest BCUT2D eigenvalue weighted by molar-refractivity contribution is 7.85. The van der Waals surface area contributed by atoms with Crippen LogP contribution in [-0.2, 0) is 16.5 Å². The highest BCUT2D eigenvalue weighted by atomic mass is 32.2. The van der Waals surface area contributed by atoms with E-state index in [1.54, 1.807) is 0 Å². The van der Waals surface area contributed by atoms with Crippen molar-refractivity contribution in [2.75, 3.05) is 18.9 Å². The van der Waals surface area contributed by atoms with Crippen LogP contribution >= 0.6 is 0 Å². The lowest BCUT2D eigenvalue weighted by Gasteiger charge is -2.16. The van der Waals surface area contributed by atoms with Crippen molar-refractivity contribution >= 4 is 10.1 Å². The molecule has 0 aliphatic rings. The molecule has 0 saturated heterocycles. The average Bonchev–Trinajstić information content (AvgIpc) is 2.33. The summed E-state index contributed by atoms with van der Waals surface area (Å²) >= 11 is 0. The number of aliphatic hydroxyl groups excluding tert-OH is 1. The van der Waals surface area contributed by atoms with Crippen LogP contribution < -0.4 is 5.32 Å². The maximum atomic E-state index is 10.5. The molecular formula is C12H19NO4S. The van der Waals surface area contributed by atoms with Crippen LogP contribution in [0.5, 0.6) is 0 Å². The molecular weight excluding hydrogens is 254 g/mol. The average molecular weight is 273 g/mol. The molecule has 6 heteroatoms. The fraction of sp³-hybridized carbons (Fsp3) is 0.500. The zero-order valence-electron chi connectivity index (χ0n) is 10.1. The van der Waals surface area contributed by atoms with Gasteiger partial charge in [0.15, 0.2) is 0 Å². The van der Waals surface area contributed by atoms with Gasteiger partial charge in [0.2, 0.25) is 0 Å². The summed E-state index contributed by atoms with van der Waals surface area (Å²) in [4.78, 5) is 0. The molecule has 1 aromatic carbocycles. The second-order valence-electron chi connectivity index (χ2n) is 4.16. The van der Waals surface area contributed by atoms with Gasteiger partial charge in [-0.15, -0.1) is 0 Å². The molecule has 0 amide bonds. The van der Waals surface area contributed by atoms with E-state index in [0.29, 0.717) is 19.4 Å². The topological polar surface area (TPSA) is 86.6 Å². The summed E-state index contributed by atoms with van der Waals surface area (Å²) in [6.07, 6.45) is 1.01. The van der Waals surface area contributed by atoms with Gasteiger partial charge in [-0.2, -0.15) is 8.42 Å². The Kier molecular flexibility index (Phi) is 6.28. The summed E-state index contributed by atoms with van der Waals surface area (Å²) in [5.74, 6) is -0.260. The molecule has 0 heterocycles. The quantitative estimate of drug-likeness (QED) is 0.473. The van der Waals surface area contributed by atoms with Gasteiger partial charge < -0.3 is 10.4 Å². The third-order valence-corrected chi connectivity index (χ3v) is 3.36. The molecule has 5 nitrogen and oxygen atoms in total. The van der Waals surface area contributed by atoms with Gasteiger partial charge in [-0.05, 0) is 24.9 Å². The Morgan fingerprint density at radius 2 is 1.89 bits per heavy atom. The minimum atomic E-state index is -3.89. The van der Waals surface area contributed by atoms with Crippen LogP contribution in [0.15, 0.2) is 30.3 Å². The summed E-state index contributed by atoms with van der Waals surface area (Å²) in [5.41, 5.74) is 1.11. The zero-order chi connectivity index (χ0) is 13.4. The molecule has 0 saturated carbocycles. The largest absolute Gasteiger partial charge is 0.395 e. The number of benzene rings is 1. The van der Waals surface area contributed by atoms with Gasteiger partial charge in [-0.3, -0.25) is 4.55 Å². The lowest BCUT2D eigenvalue weighted by atomic mass is 10.1. The molecule has 0 aliphatic heterocycles. The highest BCUT2D eigenvalue weighted by Gasteiger charge is 2.09. The second-order valence-corrected chi connectivity index (χ2v) is 5.74. The minimum absolute atomic E-state index is 0.0131. The SMILES string of the molecule is O=S(=O)(O)CCCN[C@@H](CO)Cc1ccccc1. The third-order valence-electron chi connectivity index (χ3n) is 2.56. The molecule has 0 spiro atoms. The first kappa shape index (κ1) is 15.1. The Morgan fingerprint density at radius 1 is 1.22 bits per heavy atom. The van der Waals surface area contributed by atoms with Crippen molar-refractivity contribution in [3.63, 3.8) is 0 Å². The predicted molar refractivity (Wildman–Crippen MR) is 70.1 cm³/mol. The maximum Gasteiger partial charge on any atom is 0.264 e. The molecule has 18 heavy (non-hydrogen) atoms. The fourth-order valence-corrected chi connectivity index (χ4v) is 2.17. The van der Waals surface area contributed by atoms with Crippen molar-refractivity contribution in [2.45, 2.75) is 18.9 Å². The van der Waals surface area contributed by atoms with E-state index in [2.05, 4.69) is 5.32 Å². The second kappa shape index (κ2) is 7.48. The minimum Gasteiger partial charge on any atom is -0.395 e. The first-order valence-corrected chi connectivity index (χ1v) is 7.45. The van der Waals surface area contributed by atoms with E-state index in [9.17, 15) is 13.5 Å². The van der Waals surface area contributed by atoms with Crippen LogP contribution in [0.25, 0.3) is 0 Å². The van der Waals surface area contributed by atoms with Gasteiger partial charge in [-0.1, -0.05) is 30.3 Å². The van der Waals surface area contributed by atoms with E-state index in [4.69, 9.17) is 4.55 Å². The molecule has 1 rings (SSSR count). The number of rotatable bonds is 8. The fourth-order valence-electron chi connectivity index (χ4n) is 1.66. The Balaban J connectivity index is 2.30. The van der Waals surface area contributed by atoms with E-state index >= 15 is 0 Å².